The monoisotopic (exact) mass is 528 g/mol. The Morgan fingerprint density at radius 3 is 2.10 bits per heavy atom. The van der Waals surface area contributed by atoms with Gasteiger partial charge in [0, 0.05) is 39.8 Å². The summed E-state index contributed by atoms with van der Waals surface area (Å²) in [5.41, 5.74) is 12.8. The van der Waals surface area contributed by atoms with Crippen LogP contribution in [0.3, 0.4) is 0 Å². The average molecular weight is 529 g/mol. The molecule has 2 aliphatic carbocycles. The van der Waals surface area contributed by atoms with Crippen molar-refractivity contribution in [3.05, 3.63) is 162 Å². The molecule has 3 aliphatic rings. The van der Waals surface area contributed by atoms with Crippen LogP contribution in [0.5, 0.6) is 0 Å². The van der Waals surface area contributed by atoms with Gasteiger partial charge in [0.15, 0.2) is 0 Å². The van der Waals surface area contributed by atoms with Gasteiger partial charge < -0.3 is 9.80 Å². The molecule has 0 aromatic heterocycles. The maximum absolute atomic E-state index is 2.49. The second-order valence-corrected chi connectivity index (χ2v) is 11.8. The fourth-order valence-corrected chi connectivity index (χ4v) is 7.21. The maximum atomic E-state index is 2.49. The second-order valence-electron chi connectivity index (χ2n) is 11.8. The van der Waals surface area contributed by atoms with Crippen molar-refractivity contribution in [2.75, 3.05) is 9.80 Å². The van der Waals surface area contributed by atoms with Gasteiger partial charge in [0.25, 0.3) is 0 Å². The van der Waals surface area contributed by atoms with Crippen molar-refractivity contribution in [2.24, 2.45) is 0 Å². The van der Waals surface area contributed by atoms with E-state index in [9.17, 15) is 0 Å². The summed E-state index contributed by atoms with van der Waals surface area (Å²) in [6.07, 6.45) is 9.03. The van der Waals surface area contributed by atoms with Crippen molar-refractivity contribution < 1.29 is 0 Å². The van der Waals surface area contributed by atoms with Gasteiger partial charge >= 0.3 is 0 Å². The fourth-order valence-electron chi connectivity index (χ4n) is 7.21. The Morgan fingerprint density at radius 2 is 1.24 bits per heavy atom. The summed E-state index contributed by atoms with van der Waals surface area (Å²) < 4.78 is 0. The van der Waals surface area contributed by atoms with Crippen molar-refractivity contribution in [1.29, 1.82) is 0 Å². The third-order valence-electron chi connectivity index (χ3n) is 9.19. The Kier molecular flexibility index (Phi) is 5.33. The van der Waals surface area contributed by atoms with Crippen LogP contribution in [0, 0.1) is 0 Å². The molecule has 8 rings (SSSR count). The van der Waals surface area contributed by atoms with E-state index in [-0.39, 0.29) is 5.41 Å². The average Bonchev–Trinajstić information content (AvgIpc) is 3.47. The van der Waals surface area contributed by atoms with Crippen LogP contribution in [0.25, 0.3) is 11.1 Å². The number of allylic oxidation sites excluding steroid dienone is 2. The van der Waals surface area contributed by atoms with Crippen LogP contribution in [0.4, 0.5) is 28.4 Å². The van der Waals surface area contributed by atoms with Crippen LogP contribution in [0.15, 0.2) is 146 Å². The van der Waals surface area contributed by atoms with E-state index in [2.05, 4.69) is 169 Å². The minimum atomic E-state index is -0.0458. The molecule has 2 nitrogen and oxygen atoms in total. The van der Waals surface area contributed by atoms with E-state index in [0.29, 0.717) is 12.0 Å². The maximum Gasteiger partial charge on any atom is 0.0629 e. The number of fused-ring (bicyclic) bond motifs is 6. The molecule has 5 aromatic rings. The number of nitrogens with zero attached hydrogens (tertiary/aromatic N) is 2. The van der Waals surface area contributed by atoms with E-state index >= 15 is 0 Å². The first-order chi connectivity index (χ1) is 20.1. The number of para-hydroxylation sites is 2. The second kappa shape index (κ2) is 9.11. The number of hydrogen-bond donors (Lipinski definition) is 0. The van der Waals surface area contributed by atoms with Gasteiger partial charge in [-0.2, -0.15) is 0 Å². The Bertz CT molecular complexity index is 1830. The summed E-state index contributed by atoms with van der Waals surface area (Å²) >= 11 is 0. The van der Waals surface area contributed by atoms with Gasteiger partial charge in [-0.05, 0) is 82.4 Å². The molecule has 0 N–H and O–H groups in total. The molecule has 0 bridgehead atoms. The molecule has 1 heterocycles. The predicted octanol–water partition coefficient (Wildman–Crippen LogP) is 10.2. The largest absolute Gasteiger partial charge is 0.333 e. The molecule has 0 fully saturated rings. The minimum Gasteiger partial charge on any atom is -0.333 e. The lowest BCUT2D eigenvalue weighted by atomic mass is 9.82. The molecule has 0 amide bonds. The van der Waals surface area contributed by atoms with Crippen molar-refractivity contribution in [2.45, 2.75) is 31.2 Å². The van der Waals surface area contributed by atoms with E-state index in [1.165, 1.54) is 44.9 Å². The summed E-state index contributed by atoms with van der Waals surface area (Å²) in [4.78, 5) is 4.87. The van der Waals surface area contributed by atoms with Gasteiger partial charge in [-0.3, -0.25) is 0 Å². The van der Waals surface area contributed by atoms with Crippen molar-refractivity contribution in [3.63, 3.8) is 0 Å². The molecule has 0 saturated heterocycles. The highest BCUT2D eigenvalue weighted by Crippen LogP contribution is 2.51. The van der Waals surface area contributed by atoms with E-state index in [1.807, 2.05) is 0 Å². The van der Waals surface area contributed by atoms with Crippen LogP contribution in [-0.2, 0) is 5.41 Å². The topological polar surface area (TPSA) is 6.48 Å². The molecule has 5 aromatic carbocycles. The summed E-state index contributed by atoms with van der Waals surface area (Å²) in [6, 6.07) is 44.8. The van der Waals surface area contributed by atoms with Gasteiger partial charge in [-0.25, -0.2) is 0 Å². The fraction of sp³-hybridized carbons (Fsp3) is 0.128. The number of anilines is 5. The molecule has 0 saturated carbocycles. The summed E-state index contributed by atoms with van der Waals surface area (Å²) in [6.45, 7) is 4.69. The van der Waals surface area contributed by atoms with Crippen molar-refractivity contribution in [1.82, 2.24) is 0 Å². The molecule has 41 heavy (non-hydrogen) atoms. The lowest BCUT2D eigenvalue weighted by Crippen LogP contribution is -2.28. The zero-order chi connectivity index (χ0) is 27.6. The SMILES string of the molecule is CC1(C)c2ccccc2-c2ccc(N(c3ccccc3)c3ccc(N4c5ccccc5C5C=CC=CC54)cc3)cc21. The molecule has 0 radical (unpaired) electrons. The van der Waals surface area contributed by atoms with E-state index in [4.69, 9.17) is 0 Å². The van der Waals surface area contributed by atoms with Crippen molar-refractivity contribution >= 4 is 28.4 Å². The van der Waals surface area contributed by atoms with Crippen LogP contribution in [-0.4, -0.2) is 6.04 Å². The number of rotatable bonds is 4. The van der Waals surface area contributed by atoms with Gasteiger partial charge in [-0.15, -0.1) is 0 Å². The highest BCUT2D eigenvalue weighted by Gasteiger charge is 2.37. The molecule has 198 valence electrons. The van der Waals surface area contributed by atoms with Crippen LogP contribution < -0.4 is 9.80 Å². The van der Waals surface area contributed by atoms with Crippen molar-refractivity contribution in [3.8, 4) is 11.1 Å². The molecular formula is C39H32N2. The van der Waals surface area contributed by atoms with E-state index in [0.717, 1.165) is 11.4 Å². The standard InChI is InChI=1S/C39H32N2/c1-39(2)35-17-9-6-14-31(35)32-25-24-30(26-36(32)39)40(27-12-4-3-5-13-27)28-20-22-29(23-21-28)41-37-18-10-7-15-33(37)34-16-8-11-19-38(34)41/h3-26,33,37H,1-2H3. The van der Waals surface area contributed by atoms with Crippen LogP contribution >= 0.6 is 0 Å². The summed E-state index contributed by atoms with van der Waals surface area (Å²) in [7, 11) is 0. The van der Waals surface area contributed by atoms with Gasteiger partial charge in [-0.1, -0.05) is 105 Å². The molecule has 0 spiro atoms. The Morgan fingerprint density at radius 1 is 0.585 bits per heavy atom. The summed E-state index contributed by atoms with van der Waals surface area (Å²) in [5.74, 6) is 0.385. The zero-order valence-corrected chi connectivity index (χ0v) is 23.4. The van der Waals surface area contributed by atoms with E-state index in [1.54, 1.807) is 0 Å². The molecule has 2 heteroatoms. The zero-order valence-electron chi connectivity index (χ0n) is 23.4. The third kappa shape index (κ3) is 3.64. The van der Waals surface area contributed by atoms with Crippen LogP contribution in [0.2, 0.25) is 0 Å². The number of benzene rings is 5. The summed E-state index contributed by atoms with van der Waals surface area (Å²) in [5, 5.41) is 0. The Labute approximate surface area is 242 Å². The van der Waals surface area contributed by atoms with Crippen LogP contribution in [0.1, 0.15) is 36.5 Å². The Hall–Kier alpha value is -4.82. The quantitative estimate of drug-likeness (QED) is 0.229. The highest BCUT2D eigenvalue weighted by molar-refractivity contribution is 5.86. The predicted molar refractivity (Wildman–Crippen MR) is 172 cm³/mol. The highest BCUT2D eigenvalue weighted by atomic mass is 15.2. The number of hydrogen-bond acceptors (Lipinski definition) is 2. The van der Waals surface area contributed by atoms with Gasteiger partial charge in [0.2, 0.25) is 0 Å². The molecular weight excluding hydrogens is 496 g/mol. The lowest BCUT2D eigenvalue weighted by Gasteiger charge is -2.30. The molecule has 2 unspecified atom stereocenters. The first kappa shape index (κ1) is 24.0. The minimum absolute atomic E-state index is 0.0458. The molecule has 1 aliphatic heterocycles. The van der Waals surface area contributed by atoms with Gasteiger partial charge in [0.1, 0.15) is 0 Å². The smallest absolute Gasteiger partial charge is 0.0629 e. The first-order valence-electron chi connectivity index (χ1n) is 14.5. The normalized spacial score (nSPS) is 18.9. The lowest BCUT2D eigenvalue weighted by molar-refractivity contribution is 0.660. The molecule has 2 atom stereocenters. The van der Waals surface area contributed by atoms with Gasteiger partial charge in [0.05, 0.1) is 6.04 Å². The van der Waals surface area contributed by atoms with E-state index < -0.39 is 0 Å². The third-order valence-corrected chi connectivity index (χ3v) is 9.19. The Balaban J connectivity index is 1.21. The first-order valence-corrected chi connectivity index (χ1v) is 14.5.